The third-order valence-corrected chi connectivity index (χ3v) is 3.62. The van der Waals surface area contributed by atoms with Crippen LogP contribution < -0.4 is 10.1 Å². The number of rotatable bonds is 8. The molecule has 130 valence electrons. The highest BCUT2D eigenvalue weighted by Crippen LogP contribution is 2.17. The summed E-state index contributed by atoms with van der Waals surface area (Å²) in [4.78, 5) is 23.7. The standard InChI is InChI=1S/C18H23NO5/c1-3-10-19-17(20)13(2)24-18(21)14-6-8-15(9-7-14)23-12-16-5-4-11-22-16/h3,6-9,13,16H,1,4-5,10-12H2,2H3,(H,19,20)/t13-,16+/m0/s1. The Morgan fingerprint density at radius 1 is 1.42 bits per heavy atom. The van der Waals surface area contributed by atoms with E-state index in [2.05, 4.69) is 11.9 Å². The van der Waals surface area contributed by atoms with Crippen molar-refractivity contribution < 1.29 is 23.8 Å². The molecule has 0 radical (unpaired) electrons. The molecule has 1 heterocycles. The number of ether oxygens (including phenoxy) is 3. The lowest BCUT2D eigenvalue weighted by molar-refractivity contribution is -0.128. The maximum absolute atomic E-state index is 12.0. The van der Waals surface area contributed by atoms with Crippen LogP contribution in [0.25, 0.3) is 0 Å². The number of esters is 1. The maximum Gasteiger partial charge on any atom is 0.338 e. The van der Waals surface area contributed by atoms with Gasteiger partial charge in [-0.15, -0.1) is 6.58 Å². The van der Waals surface area contributed by atoms with Crippen molar-refractivity contribution in [3.8, 4) is 5.75 Å². The molecule has 1 aliphatic heterocycles. The average Bonchev–Trinajstić information content (AvgIpc) is 3.11. The molecule has 0 bridgehead atoms. The second kappa shape index (κ2) is 9.08. The lowest BCUT2D eigenvalue weighted by Gasteiger charge is -2.13. The summed E-state index contributed by atoms with van der Waals surface area (Å²) in [6.45, 7) is 6.65. The van der Waals surface area contributed by atoms with Crippen molar-refractivity contribution >= 4 is 11.9 Å². The number of nitrogens with one attached hydrogen (secondary N) is 1. The van der Waals surface area contributed by atoms with Gasteiger partial charge in [0.1, 0.15) is 12.4 Å². The van der Waals surface area contributed by atoms with Gasteiger partial charge >= 0.3 is 5.97 Å². The molecule has 6 heteroatoms. The van der Waals surface area contributed by atoms with Gasteiger partial charge in [-0.3, -0.25) is 4.79 Å². The minimum absolute atomic E-state index is 0.143. The summed E-state index contributed by atoms with van der Waals surface area (Å²) in [6.07, 6.45) is 2.91. The van der Waals surface area contributed by atoms with Crippen LogP contribution in [0.3, 0.4) is 0 Å². The average molecular weight is 333 g/mol. The van der Waals surface area contributed by atoms with Gasteiger partial charge in [0, 0.05) is 13.2 Å². The first kappa shape index (κ1) is 18.0. The molecule has 0 aromatic heterocycles. The van der Waals surface area contributed by atoms with E-state index in [0.29, 0.717) is 24.5 Å². The molecule has 1 aromatic carbocycles. The minimum Gasteiger partial charge on any atom is -0.491 e. The van der Waals surface area contributed by atoms with Gasteiger partial charge in [0.05, 0.1) is 11.7 Å². The summed E-state index contributed by atoms with van der Waals surface area (Å²) < 4.78 is 16.3. The highest BCUT2D eigenvalue weighted by molar-refractivity contribution is 5.92. The summed E-state index contributed by atoms with van der Waals surface area (Å²) >= 11 is 0. The van der Waals surface area contributed by atoms with Gasteiger partial charge in [-0.2, -0.15) is 0 Å². The Balaban J connectivity index is 1.81. The number of hydrogen-bond acceptors (Lipinski definition) is 5. The highest BCUT2D eigenvalue weighted by atomic mass is 16.5. The molecule has 2 rings (SSSR count). The molecular weight excluding hydrogens is 310 g/mol. The first-order valence-corrected chi connectivity index (χ1v) is 8.04. The van der Waals surface area contributed by atoms with Crippen molar-refractivity contribution in [3.05, 3.63) is 42.5 Å². The Labute approximate surface area is 141 Å². The van der Waals surface area contributed by atoms with Gasteiger partial charge < -0.3 is 19.5 Å². The second-order valence-corrected chi connectivity index (χ2v) is 5.55. The summed E-state index contributed by atoms with van der Waals surface area (Å²) in [5.41, 5.74) is 0.364. The van der Waals surface area contributed by atoms with Crippen LogP contribution in [0.4, 0.5) is 0 Å². The van der Waals surface area contributed by atoms with Crippen LogP contribution in [0.1, 0.15) is 30.1 Å². The topological polar surface area (TPSA) is 73.9 Å². The van der Waals surface area contributed by atoms with Crippen molar-refractivity contribution in [2.45, 2.75) is 32.0 Å². The Hall–Kier alpha value is -2.34. The van der Waals surface area contributed by atoms with Gasteiger partial charge in [-0.05, 0) is 44.0 Å². The molecule has 6 nitrogen and oxygen atoms in total. The quantitative estimate of drug-likeness (QED) is 0.582. The summed E-state index contributed by atoms with van der Waals surface area (Å²) in [6, 6.07) is 6.63. The maximum atomic E-state index is 12.0. The third kappa shape index (κ3) is 5.38. The molecule has 1 fully saturated rings. The Bertz CT molecular complexity index is 563. The Morgan fingerprint density at radius 2 is 2.17 bits per heavy atom. The third-order valence-electron chi connectivity index (χ3n) is 3.62. The molecule has 1 N–H and O–H groups in total. The van der Waals surface area contributed by atoms with Gasteiger partial charge in [-0.25, -0.2) is 4.79 Å². The van der Waals surface area contributed by atoms with Crippen LogP contribution in [0.5, 0.6) is 5.75 Å². The zero-order chi connectivity index (χ0) is 17.4. The van der Waals surface area contributed by atoms with Crippen LogP contribution in [0.2, 0.25) is 0 Å². The molecule has 1 aliphatic rings. The lowest BCUT2D eigenvalue weighted by Crippen LogP contribution is -2.35. The smallest absolute Gasteiger partial charge is 0.338 e. The van der Waals surface area contributed by atoms with Crippen molar-refractivity contribution in [1.29, 1.82) is 0 Å². The minimum atomic E-state index is -0.868. The van der Waals surface area contributed by atoms with Gasteiger partial charge in [0.25, 0.3) is 5.91 Å². The van der Waals surface area contributed by atoms with E-state index in [1.165, 1.54) is 6.92 Å². The Kier molecular flexibility index (Phi) is 6.81. The largest absolute Gasteiger partial charge is 0.491 e. The second-order valence-electron chi connectivity index (χ2n) is 5.55. The predicted octanol–water partition coefficient (Wildman–Crippen LogP) is 2.09. The van der Waals surface area contributed by atoms with E-state index in [-0.39, 0.29) is 12.0 Å². The van der Waals surface area contributed by atoms with Crippen LogP contribution >= 0.6 is 0 Å². The van der Waals surface area contributed by atoms with E-state index < -0.39 is 12.1 Å². The summed E-state index contributed by atoms with van der Waals surface area (Å²) in [5, 5.41) is 2.58. The van der Waals surface area contributed by atoms with Crippen molar-refractivity contribution in [2.75, 3.05) is 19.8 Å². The monoisotopic (exact) mass is 333 g/mol. The molecule has 24 heavy (non-hydrogen) atoms. The van der Waals surface area contributed by atoms with Crippen LogP contribution in [-0.4, -0.2) is 43.8 Å². The zero-order valence-corrected chi connectivity index (χ0v) is 13.8. The molecule has 2 atom stereocenters. The number of carbonyl (C=O) groups excluding carboxylic acids is 2. The fraction of sp³-hybridized carbons (Fsp3) is 0.444. The van der Waals surface area contributed by atoms with Gasteiger partial charge in [0.2, 0.25) is 0 Å². The summed E-state index contributed by atoms with van der Waals surface area (Å²) in [5.74, 6) is -0.250. The van der Waals surface area contributed by atoms with Crippen LogP contribution in [-0.2, 0) is 14.3 Å². The summed E-state index contributed by atoms with van der Waals surface area (Å²) in [7, 11) is 0. The molecule has 1 aromatic rings. The van der Waals surface area contributed by atoms with Crippen molar-refractivity contribution in [3.63, 3.8) is 0 Å². The van der Waals surface area contributed by atoms with E-state index >= 15 is 0 Å². The molecule has 1 amide bonds. The van der Waals surface area contributed by atoms with E-state index in [1.807, 2.05) is 0 Å². The van der Waals surface area contributed by atoms with Crippen molar-refractivity contribution in [1.82, 2.24) is 5.32 Å². The molecule has 0 aliphatic carbocycles. The van der Waals surface area contributed by atoms with E-state index in [9.17, 15) is 9.59 Å². The van der Waals surface area contributed by atoms with Gasteiger partial charge in [0.15, 0.2) is 6.10 Å². The normalized spacial score (nSPS) is 17.8. The van der Waals surface area contributed by atoms with Crippen LogP contribution in [0.15, 0.2) is 36.9 Å². The van der Waals surface area contributed by atoms with Crippen molar-refractivity contribution in [2.24, 2.45) is 0 Å². The van der Waals surface area contributed by atoms with Crippen LogP contribution in [0, 0.1) is 0 Å². The van der Waals surface area contributed by atoms with Gasteiger partial charge in [-0.1, -0.05) is 6.08 Å². The molecule has 0 saturated carbocycles. The number of carbonyl (C=O) groups is 2. The van der Waals surface area contributed by atoms with E-state index in [1.54, 1.807) is 30.3 Å². The Morgan fingerprint density at radius 3 is 2.79 bits per heavy atom. The van der Waals surface area contributed by atoms with E-state index in [4.69, 9.17) is 14.2 Å². The predicted molar refractivity (Wildman–Crippen MR) is 89.0 cm³/mol. The fourth-order valence-electron chi connectivity index (χ4n) is 2.25. The lowest BCUT2D eigenvalue weighted by atomic mass is 10.2. The number of hydrogen-bond donors (Lipinski definition) is 1. The zero-order valence-electron chi connectivity index (χ0n) is 13.8. The van der Waals surface area contributed by atoms with E-state index in [0.717, 1.165) is 19.4 Å². The molecular formula is C18H23NO5. The first-order valence-electron chi connectivity index (χ1n) is 8.04. The molecule has 1 saturated heterocycles. The number of benzene rings is 1. The highest BCUT2D eigenvalue weighted by Gasteiger charge is 2.19. The first-order chi connectivity index (χ1) is 11.6. The number of amides is 1. The fourth-order valence-corrected chi connectivity index (χ4v) is 2.25. The molecule has 0 spiro atoms. The molecule has 0 unspecified atom stereocenters. The SMILES string of the molecule is C=CCNC(=O)[C@H](C)OC(=O)c1ccc(OC[C@H]2CCCO2)cc1.